The molecule has 2 atom stereocenters. The second kappa shape index (κ2) is 4.53. The van der Waals surface area contributed by atoms with Crippen molar-refractivity contribution < 1.29 is 0 Å². The van der Waals surface area contributed by atoms with Gasteiger partial charge in [0, 0.05) is 25.2 Å². The van der Waals surface area contributed by atoms with Crippen molar-refractivity contribution in [1.82, 2.24) is 9.88 Å². The molecule has 0 aliphatic carbocycles. The number of piperazine rings is 1. The first kappa shape index (κ1) is 12.2. The number of likely N-dealkylation sites (N-methyl/N-ethyl adjacent to an activating group) is 1. The van der Waals surface area contributed by atoms with Gasteiger partial charge in [-0.15, -0.1) is 0 Å². The summed E-state index contributed by atoms with van der Waals surface area (Å²) in [6, 6.07) is 5.08. The molecule has 2 rings (SSSR count). The summed E-state index contributed by atoms with van der Waals surface area (Å²) >= 11 is 0. The Morgan fingerprint density at radius 2 is 1.82 bits per heavy atom. The molecule has 1 fully saturated rings. The van der Waals surface area contributed by atoms with Gasteiger partial charge < -0.3 is 10.6 Å². The molecule has 1 aromatic heterocycles. The lowest BCUT2D eigenvalue weighted by molar-refractivity contribution is 0.169. The Morgan fingerprint density at radius 1 is 1.24 bits per heavy atom. The largest absolute Gasteiger partial charge is 0.397 e. The normalized spacial score (nSPS) is 26.2. The van der Waals surface area contributed by atoms with Crippen molar-refractivity contribution >= 4 is 11.5 Å². The second-order valence-corrected chi connectivity index (χ2v) is 5.11. The zero-order chi connectivity index (χ0) is 12.6. The van der Waals surface area contributed by atoms with E-state index in [2.05, 4.69) is 35.7 Å². The first-order valence-corrected chi connectivity index (χ1v) is 6.19. The van der Waals surface area contributed by atoms with Crippen LogP contribution >= 0.6 is 0 Å². The van der Waals surface area contributed by atoms with Crippen LogP contribution in [0, 0.1) is 6.92 Å². The van der Waals surface area contributed by atoms with Gasteiger partial charge in [-0.3, -0.25) is 4.90 Å². The van der Waals surface area contributed by atoms with Crippen LogP contribution in [0.5, 0.6) is 0 Å². The van der Waals surface area contributed by atoms with Gasteiger partial charge in [0.1, 0.15) is 5.82 Å². The number of aryl methyl sites for hydroxylation is 1. The van der Waals surface area contributed by atoms with E-state index in [0.29, 0.717) is 12.1 Å². The third-order valence-corrected chi connectivity index (χ3v) is 3.80. The smallest absolute Gasteiger partial charge is 0.129 e. The predicted molar refractivity (Wildman–Crippen MR) is 72.3 cm³/mol. The maximum absolute atomic E-state index is 5.81. The number of nitrogen functional groups attached to an aromatic ring is 1. The number of hydrogen-bond acceptors (Lipinski definition) is 4. The highest BCUT2D eigenvalue weighted by Crippen LogP contribution is 2.21. The van der Waals surface area contributed by atoms with Crippen molar-refractivity contribution in [3.63, 3.8) is 0 Å². The van der Waals surface area contributed by atoms with Crippen molar-refractivity contribution in [3.8, 4) is 0 Å². The lowest BCUT2D eigenvalue weighted by Gasteiger charge is -2.43. The Balaban J connectivity index is 2.20. The molecule has 1 aliphatic heterocycles. The highest BCUT2D eigenvalue weighted by atomic mass is 15.3. The number of aromatic nitrogens is 1. The topological polar surface area (TPSA) is 45.4 Å². The molecule has 1 saturated heterocycles. The average Bonchev–Trinajstić information content (AvgIpc) is 2.29. The molecule has 0 amide bonds. The molecule has 2 unspecified atom stereocenters. The molecule has 94 valence electrons. The summed E-state index contributed by atoms with van der Waals surface area (Å²) in [5, 5.41) is 0. The number of pyridine rings is 1. The van der Waals surface area contributed by atoms with E-state index in [-0.39, 0.29) is 0 Å². The number of rotatable bonds is 1. The fourth-order valence-corrected chi connectivity index (χ4v) is 2.33. The zero-order valence-corrected chi connectivity index (χ0v) is 11.1. The van der Waals surface area contributed by atoms with Gasteiger partial charge in [-0.2, -0.15) is 0 Å². The number of nitrogens with two attached hydrogens (primary N) is 1. The van der Waals surface area contributed by atoms with E-state index < -0.39 is 0 Å². The van der Waals surface area contributed by atoms with Crippen molar-refractivity contribution in [3.05, 3.63) is 17.8 Å². The minimum absolute atomic E-state index is 0.554. The summed E-state index contributed by atoms with van der Waals surface area (Å²) in [5.74, 6) is 1.04. The van der Waals surface area contributed by atoms with Crippen molar-refractivity contribution in [1.29, 1.82) is 0 Å². The molecule has 1 aromatic rings. The monoisotopic (exact) mass is 234 g/mol. The van der Waals surface area contributed by atoms with Crippen LogP contribution in [-0.4, -0.2) is 42.1 Å². The molecule has 0 spiro atoms. The number of nitrogens with zero attached hydrogens (tertiary/aromatic N) is 3. The Morgan fingerprint density at radius 3 is 2.35 bits per heavy atom. The number of hydrogen-bond donors (Lipinski definition) is 1. The van der Waals surface area contributed by atoms with Crippen molar-refractivity contribution in [2.75, 3.05) is 30.8 Å². The summed E-state index contributed by atoms with van der Waals surface area (Å²) in [6.07, 6.45) is 0. The summed E-state index contributed by atoms with van der Waals surface area (Å²) in [6.45, 7) is 8.52. The van der Waals surface area contributed by atoms with Gasteiger partial charge in [-0.25, -0.2) is 4.98 Å². The minimum atomic E-state index is 0.554. The van der Waals surface area contributed by atoms with Crippen molar-refractivity contribution in [2.45, 2.75) is 32.9 Å². The van der Waals surface area contributed by atoms with Crippen LogP contribution in [-0.2, 0) is 0 Å². The van der Waals surface area contributed by atoms with Crippen LogP contribution in [0.3, 0.4) is 0 Å². The molecule has 0 bridgehead atoms. The summed E-state index contributed by atoms with van der Waals surface area (Å²) < 4.78 is 0. The van der Waals surface area contributed by atoms with Gasteiger partial charge in [0.05, 0.1) is 11.4 Å². The number of anilines is 2. The van der Waals surface area contributed by atoms with E-state index >= 15 is 0 Å². The van der Waals surface area contributed by atoms with Gasteiger partial charge in [0.2, 0.25) is 0 Å². The molecular formula is C13H22N4. The first-order chi connectivity index (χ1) is 7.99. The lowest BCUT2D eigenvalue weighted by atomic mass is 10.1. The molecule has 2 N–H and O–H groups in total. The molecule has 2 heterocycles. The van der Waals surface area contributed by atoms with Gasteiger partial charge in [0.15, 0.2) is 0 Å². The average molecular weight is 234 g/mol. The fourth-order valence-electron chi connectivity index (χ4n) is 2.33. The van der Waals surface area contributed by atoms with Crippen LogP contribution in [0.4, 0.5) is 11.5 Å². The Kier molecular flexibility index (Phi) is 3.24. The van der Waals surface area contributed by atoms with E-state index in [1.54, 1.807) is 0 Å². The summed E-state index contributed by atoms with van der Waals surface area (Å²) in [4.78, 5) is 9.34. The van der Waals surface area contributed by atoms with Crippen LogP contribution < -0.4 is 10.6 Å². The fraction of sp³-hybridized carbons (Fsp3) is 0.615. The third-order valence-electron chi connectivity index (χ3n) is 3.80. The highest BCUT2D eigenvalue weighted by Gasteiger charge is 2.27. The third kappa shape index (κ3) is 2.36. The van der Waals surface area contributed by atoms with Gasteiger partial charge in [-0.05, 0) is 40.0 Å². The summed E-state index contributed by atoms with van der Waals surface area (Å²) in [7, 11) is 2.19. The highest BCUT2D eigenvalue weighted by molar-refractivity contribution is 5.50. The Bertz CT molecular complexity index is 392. The van der Waals surface area contributed by atoms with Crippen LogP contribution in [0.15, 0.2) is 12.1 Å². The quantitative estimate of drug-likeness (QED) is 0.800. The maximum Gasteiger partial charge on any atom is 0.129 e. The van der Waals surface area contributed by atoms with Gasteiger partial charge in [0.25, 0.3) is 0 Å². The SMILES string of the molecule is Cc1nc(N2CC(C)N(C)C(C)C2)ccc1N. The molecule has 0 aromatic carbocycles. The molecule has 17 heavy (non-hydrogen) atoms. The molecule has 0 radical (unpaired) electrons. The maximum atomic E-state index is 5.81. The van der Waals surface area contributed by atoms with E-state index in [0.717, 1.165) is 30.3 Å². The summed E-state index contributed by atoms with van der Waals surface area (Å²) in [5.41, 5.74) is 7.49. The molecule has 4 nitrogen and oxygen atoms in total. The molecule has 1 aliphatic rings. The molecule has 4 heteroatoms. The Hall–Kier alpha value is -1.29. The van der Waals surface area contributed by atoms with Crippen LogP contribution in [0.2, 0.25) is 0 Å². The van der Waals surface area contributed by atoms with E-state index in [1.807, 2.05) is 19.1 Å². The molecule has 0 saturated carbocycles. The van der Waals surface area contributed by atoms with Gasteiger partial charge in [-0.1, -0.05) is 0 Å². The van der Waals surface area contributed by atoms with E-state index in [9.17, 15) is 0 Å². The predicted octanol–water partition coefficient (Wildman–Crippen LogP) is 1.50. The lowest BCUT2D eigenvalue weighted by Crippen LogP contribution is -2.55. The second-order valence-electron chi connectivity index (χ2n) is 5.11. The van der Waals surface area contributed by atoms with E-state index in [1.165, 1.54) is 0 Å². The molecular weight excluding hydrogens is 212 g/mol. The standard InChI is InChI=1S/C13H22N4/c1-9-7-17(8-10(2)16(9)4)13-6-5-12(14)11(3)15-13/h5-6,9-10H,7-8,14H2,1-4H3. The van der Waals surface area contributed by atoms with Crippen LogP contribution in [0.25, 0.3) is 0 Å². The minimum Gasteiger partial charge on any atom is -0.397 e. The van der Waals surface area contributed by atoms with Gasteiger partial charge >= 0.3 is 0 Å². The van der Waals surface area contributed by atoms with Crippen LogP contribution in [0.1, 0.15) is 19.5 Å². The van der Waals surface area contributed by atoms with Crippen molar-refractivity contribution in [2.24, 2.45) is 0 Å². The van der Waals surface area contributed by atoms with E-state index in [4.69, 9.17) is 5.73 Å². The Labute approximate surface area is 103 Å². The zero-order valence-electron chi connectivity index (χ0n) is 11.1. The first-order valence-electron chi connectivity index (χ1n) is 6.19.